The Morgan fingerprint density at radius 1 is 1.21 bits per heavy atom. The summed E-state index contributed by atoms with van der Waals surface area (Å²) in [4.78, 5) is 0. The average molecular weight is 235 g/mol. The lowest BCUT2D eigenvalue weighted by Crippen LogP contribution is -2.57. The average Bonchev–Trinajstić information content (AvgIpc) is 2.58. The summed E-state index contributed by atoms with van der Waals surface area (Å²) in [5, 5.41) is 5.44. The molecule has 1 aliphatic rings. The van der Waals surface area contributed by atoms with E-state index in [1.165, 1.54) is 0 Å². The van der Waals surface area contributed by atoms with Gasteiger partial charge in [0.1, 0.15) is 0 Å². The maximum Gasteiger partial charge on any atom is 0.212 e. The van der Waals surface area contributed by atoms with Crippen molar-refractivity contribution in [3.8, 4) is 0 Å². The predicted octanol–water partition coefficient (Wildman–Crippen LogP) is 1.86. The largest absolute Gasteiger partial charge is 0.229 e. The molecule has 5 heteroatoms. The summed E-state index contributed by atoms with van der Waals surface area (Å²) >= 11 is 0. The molecule has 1 fully saturated rings. The van der Waals surface area contributed by atoms with Gasteiger partial charge in [0.25, 0.3) is 0 Å². The monoisotopic (exact) mass is 235 g/mol. The summed E-state index contributed by atoms with van der Waals surface area (Å²) in [6, 6.07) is 0. The Balaban J connectivity index is 3.19. The molecule has 0 spiro atoms. The highest BCUT2D eigenvalue weighted by Gasteiger charge is 2.66. The summed E-state index contributed by atoms with van der Waals surface area (Å²) in [6.07, 6.45) is 1.53. The zero-order valence-corrected chi connectivity index (χ0v) is 11.5. The maximum absolute atomic E-state index is 11.6. The highest BCUT2D eigenvalue weighted by atomic mass is 32.2. The van der Waals surface area contributed by atoms with E-state index in [1.807, 2.05) is 0 Å². The van der Waals surface area contributed by atoms with Crippen molar-refractivity contribution in [1.82, 2.24) is 0 Å². The fraction of sp³-hybridized carbons (Fsp3) is 1.00. The molecule has 0 amide bonds. The first-order valence-corrected chi connectivity index (χ1v) is 9.53. The van der Waals surface area contributed by atoms with E-state index in [0.717, 1.165) is 12.8 Å². The van der Waals surface area contributed by atoms with Crippen molar-refractivity contribution in [3.05, 3.63) is 0 Å². The topological polar surface area (TPSA) is 60.2 Å². The van der Waals surface area contributed by atoms with Crippen LogP contribution in [0.15, 0.2) is 0 Å². The molecule has 0 bridgehead atoms. The highest BCUT2D eigenvalue weighted by molar-refractivity contribution is 7.93. The van der Waals surface area contributed by atoms with E-state index in [4.69, 9.17) is 5.14 Å². The van der Waals surface area contributed by atoms with Crippen LogP contribution in [-0.4, -0.2) is 20.9 Å². The van der Waals surface area contributed by atoms with Crippen molar-refractivity contribution >= 4 is 18.1 Å². The lowest BCUT2D eigenvalue weighted by atomic mass is 10.2. The van der Waals surface area contributed by atoms with Gasteiger partial charge in [-0.05, 0) is 17.9 Å². The van der Waals surface area contributed by atoms with Crippen molar-refractivity contribution in [1.29, 1.82) is 0 Å². The van der Waals surface area contributed by atoms with Gasteiger partial charge in [-0.25, -0.2) is 13.6 Å². The number of nitrogens with two attached hydrogens (primary N) is 1. The molecule has 0 aromatic heterocycles. The minimum atomic E-state index is -3.37. The quantitative estimate of drug-likeness (QED) is 0.743. The lowest BCUT2D eigenvalue weighted by Gasteiger charge is -2.42. The summed E-state index contributed by atoms with van der Waals surface area (Å²) in [5.41, 5.74) is 0. The summed E-state index contributed by atoms with van der Waals surface area (Å²) in [7, 11) is -5.24. The van der Waals surface area contributed by atoms with Gasteiger partial charge in [0.15, 0.2) is 0 Å². The number of primary sulfonamides is 1. The van der Waals surface area contributed by atoms with Crippen molar-refractivity contribution in [2.75, 3.05) is 0 Å². The molecule has 0 aliphatic heterocycles. The third-order valence-corrected chi connectivity index (χ3v) is 14.7. The van der Waals surface area contributed by atoms with E-state index in [-0.39, 0.29) is 5.04 Å². The second-order valence-electron chi connectivity index (χ2n) is 5.91. The number of rotatable bonds is 2. The molecule has 0 aromatic carbocycles. The molecule has 0 atom stereocenters. The predicted molar refractivity (Wildman–Crippen MR) is 62.3 cm³/mol. The van der Waals surface area contributed by atoms with Crippen LogP contribution in [0.1, 0.15) is 33.6 Å². The van der Waals surface area contributed by atoms with E-state index in [2.05, 4.69) is 33.9 Å². The van der Waals surface area contributed by atoms with Crippen LogP contribution in [0.4, 0.5) is 0 Å². The van der Waals surface area contributed by atoms with Gasteiger partial charge < -0.3 is 0 Å². The Bertz CT molecular complexity index is 336. The summed E-state index contributed by atoms with van der Waals surface area (Å²) < 4.78 is 22.7. The van der Waals surface area contributed by atoms with Crippen LogP contribution in [-0.2, 0) is 10.0 Å². The Morgan fingerprint density at radius 2 is 1.57 bits per heavy atom. The molecule has 1 aliphatic carbocycles. The first-order valence-electron chi connectivity index (χ1n) is 4.98. The number of hydrogen-bond donors (Lipinski definition) is 1. The first kappa shape index (κ1) is 12.2. The Morgan fingerprint density at radius 3 is 1.64 bits per heavy atom. The highest BCUT2D eigenvalue weighted by Crippen LogP contribution is 2.57. The van der Waals surface area contributed by atoms with Crippen molar-refractivity contribution in [2.24, 2.45) is 5.14 Å². The molecule has 84 valence electrons. The Labute approximate surface area is 88.1 Å². The van der Waals surface area contributed by atoms with Crippen LogP contribution in [0.2, 0.25) is 18.1 Å². The third kappa shape index (κ3) is 1.45. The first-order chi connectivity index (χ1) is 5.96. The van der Waals surface area contributed by atoms with Crippen LogP contribution in [0, 0.1) is 0 Å². The number of sulfonamides is 1. The molecule has 1 saturated carbocycles. The summed E-state index contributed by atoms with van der Waals surface area (Å²) in [5.74, 6) is 0. The molecular formula is C9H21NO2SSi. The molecule has 1 rings (SSSR count). The van der Waals surface area contributed by atoms with Gasteiger partial charge in [0.2, 0.25) is 10.0 Å². The molecule has 0 saturated heterocycles. The molecule has 2 N–H and O–H groups in total. The second kappa shape index (κ2) is 2.83. The molecule has 0 unspecified atom stereocenters. The molecule has 3 nitrogen and oxygen atoms in total. The van der Waals surface area contributed by atoms with Gasteiger partial charge in [-0.1, -0.05) is 33.9 Å². The number of hydrogen-bond acceptors (Lipinski definition) is 2. The minimum Gasteiger partial charge on any atom is -0.229 e. The minimum absolute atomic E-state index is 0.0793. The van der Waals surface area contributed by atoms with E-state index >= 15 is 0 Å². The second-order valence-corrected chi connectivity index (χ2v) is 13.9. The van der Waals surface area contributed by atoms with Crippen molar-refractivity contribution < 1.29 is 8.42 Å². The molecule has 0 heterocycles. The lowest BCUT2D eigenvalue weighted by molar-refractivity contribution is 0.587. The van der Waals surface area contributed by atoms with E-state index in [0.29, 0.717) is 0 Å². The molecular weight excluding hydrogens is 214 g/mol. The van der Waals surface area contributed by atoms with Crippen LogP contribution < -0.4 is 5.14 Å². The van der Waals surface area contributed by atoms with Crippen LogP contribution in [0.5, 0.6) is 0 Å². The van der Waals surface area contributed by atoms with Crippen molar-refractivity contribution in [3.63, 3.8) is 0 Å². The SMILES string of the molecule is CC(C)(C)[Si](C)(C)C1(S(N)(=O)=O)CC1. The molecule has 0 aromatic rings. The van der Waals surface area contributed by atoms with Gasteiger partial charge in [0, 0.05) is 0 Å². The standard InChI is InChI=1S/C9H21NO2SSi/c1-8(2,3)14(4,5)9(6-7-9)13(10,11)12/h6-7H2,1-5H3,(H2,10,11,12). The fourth-order valence-corrected chi connectivity index (χ4v) is 9.24. The molecule has 14 heavy (non-hydrogen) atoms. The van der Waals surface area contributed by atoms with Gasteiger partial charge in [-0.3, -0.25) is 0 Å². The zero-order valence-electron chi connectivity index (χ0n) is 9.72. The van der Waals surface area contributed by atoms with Gasteiger partial charge in [-0.15, -0.1) is 0 Å². The molecule has 0 radical (unpaired) electrons. The zero-order chi connectivity index (χ0) is 11.4. The van der Waals surface area contributed by atoms with Gasteiger partial charge in [0.05, 0.1) is 12.4 Å². The smallest absolute Gasteiger partial charge is 0.212 e. The van der Waals surface area contributed by atoms with E-state index in [9.17, 15) is 8.42 Å². The Kier molecular flexibility index (Phi) is 2.46. The summed E-state index contributed by atoms with van der Waals surface area (Å²) in [6.45, 7) is 10.7. The Hall–Kier alpha value is 0.127. The van der Waals surface area contributed by atoms with Crippen LogP contribution in [0.3, 0.4) is 0 Å². The van der Waals surface area contributed by atoms with Gasteiger partial charge >= 0.3 is 0 Å². The van der Waals surface area contributed by atoms with E-state index < -0.39 is 22.5 Å². The normalized spacial score (nSPS) is 22.1. The fourth-order valence-electron chi connectivity index (χ4n) is 2.06. The van der Waals surface area contributed by atoms with Gasteiger partial charge in [-0.2, -0.15) is 0 Å². The maximum atomic E-state index is 11.6. The van der Waals surface area contributed by atoms with Crippen molar-refractivity contribution in [2.45, 2.75) is 56.1 Å². The van der Waals surface area contributed by atoms with Crippen LogP contribution in [0.25, 0.3) is 0 Å². The third-order valence-electron chi connectivity index (χ3n) is 4.26. The van der Waals surface area contributed by atoms with Crippen LogP contribution >= 0.6 is 0 Å². The van der Waals surface area contributed by atoms with E-state index in [1.54, 1.807) is 0 Å².